The first-order chi connectivity index (χ1) is 16.2. The van der Waals surface area contributed by atoms with Crippen LogP contribution in [-0.2, 0) is 9.59 Å². The molecular formula is C26H34ClN5O2. The zero-order chi connectivity index (χ0) is 23.8. The predicted octanol–water partition coefficient (Wildman–Crippen LogP) is 2.95. The smallest absolute Gasteiger partial charge is 0.240 e. The number of likely N-dealkylation sites (tertiary alicyclic amines) is 1. The third kappa shape index (κ3) is 3.38. The fraction of sp³-hybridized carbons (Fsp3) is 0.654. The lowest BCUT2D eigenvalue weighted by Gasteiger charge is -2.60. The number of hydrogen-bond donors (Lipinski definition) is 2. The number of primary amides is 1. The van der Waals surface area contributed by atoms with Crippen LogP contribution in [0.3, 0.4) is 0 Å². The molecule has 4 unspecified atom stereocenters. The largest absolute Gasteiger partial charge is 0.369 e. The van der Waals surface area contributed by atoms with Crippen LogP contribution in [0.15, 0.2) is 30.1 Å². The third-order valence-electron chi connectivity index (χ3n) is 9.56. The van der Waals surface area contributed by atoms with Crippen LogP contribution in [-0.4, -0.2) is 52.9 Å². The van der Waals surface area contributed by atoms with Crippen molar-refractivity contribution in [1.29, 1.82) is 0 Å². The van der Waals surface area contributed by atoms with Crippen LogP contribution in [0.4, 0.5) is 5.69 Å². The highest BCUT2D eigenvalue weighted by atomic mass is 35.5. The molecule has 6 aliphatic rings. The van der Waals surface area contributed by atoms with Crippen LogP contribution < -0.4 is 16.0 Å². The van der Waals surface area contributed by atoms with Crippen LogP contribution in [0.1, 0.15) is 46.0 Å². The Morgan fingerprint density at radius 2 is 1.91 bits per heavy atom. The summed E-state index contributed by atoms with van der Waals surface area (Å²) in [6.07, 6.45) is 9.14. The molecule has 3 heterocycles. The van der Waals surface area contributed by atoms with Crippen molar-refractivity contribution in [3.63, 3.8) is 0 Å². The van der Waals surface area contributed by atoms with Crippen LogP contribution in [0.2, 0.25) is 5.15 Å². The zero-order valence-electron chi connectivity index (χ0n) is 20.0. The number of carbonyl (C=O) groups excluding carboxylic acids is 2. The van der Waals surface area contributed by atoms with E-state index in [1.54, 1.807) is 6.20 Å². The molecule has 1 saturated heterocycles. The molecule has 5 fully saturated rings. The van der Waals surface area contributed by atoms with Gasteiger partial charge < -0.3 is 16.0 Å². The van der Waals surface area contributed by atoms with Gasteiger partial charge in [0.1, 0.15) is 5.15 Å². The van der Waals surface area contributed by atoms with Crippen molar-refractivity contribution in [2.75, 3.05) is 24.5 Å². The summed E-state index contributed by atoms with van der Waals surface area (Å²) >= 11 is 5.93. The SMILES string of the molecule is CC(C)(C(=O)NC1C2CC3CC(C2)CC1(C(N)=O)C3)N1CC2=CN(c3ccc(Cl)nc3)CC2C1. The van der Waals surface area contributed by atoms with E-state index in [1.165, 1.54) is 12.0 Å². The number of aromatic nitrogens is 1. The van der Waals surface area contributed by atoms with Gasteiger partial charge in [-0.25, -0.2) is 4.98 Å². The van der Waals surface area contributed by atoms with E-state index in [-0.39, 0.29) is 17.9 Å². The maximum Gasteiger partial charge on any atom is 0.240 e. The molecule has 4 saturated carbocycles. The second-order valence-electron chi connectivity index (χ2n) is 11.9. The van der Waals surface area contributed by atoms with E-state index >= 15 is 0 Å². The summed E-state index contributed by atoms with van der Waals surface area (Å²) in [5, 5.41) is 3.87. The number of nitrogens with two attached hydrogens (primary N) is 1. The number of carbonyl (C=O) groups is 2. The predicted molar refractivity (Wildman–Crippen MR) is 131 cm³/mol. The van der Waals surface area contributed by atoms with Crippen molar-refractivity contribution in [1.82, 2.24) is 15.2 Å². The van der Waals surface area contributed by atoms with E-state index in [0.717, 1.165) is 51.0 Å². The van der Waals surface area contributed by atoms with Crippen molar-refractivity contribution in [3.05, 3.63) is 35.3 Å². The maximum atomic E-state index is 13.7. The summed E-state index contributed by atoms with van der Waals surface area (Å²) < 4.78 is 0. The summed E-state index contributed by atoms with van der Waals surface area (Å²) in [5.41, 5.74) is 7.16. The van der Waals surface area contributed by atoms with Gasteiger partial charge in [-0.2, -0.15) is 0 Å². The van der Waals surface area contributed by atoms with E-state index in [0.29, 0.717) is 28.8 Å². The monoisotopic (exact) mass is 483 g/mol. The fourth-order valence-electron chi connectivity index (χ4n) is 7.87. The molecular weight excluding hydrogens is 450 g/mol. The lowest BCUT2D eigenvalue weighted by atomic mass is 9.47. The summed E-state index contributed by atoms with van der Waals surface area (Å²) in [6, 6.07) is 3.67. The first kappa shape index (κ1) is 22.4. The molecule has 182 valence electrons. The molecule has 0 spiro atoms. The molecule has 1 aromatic rings. The number of hydrogen-bond acceptors (Lipinski definition) is 5. The van der Waals surface area contributed by atoms with Crippen molar-refractivity contribution >= 4 is 29.1 Å². The Hall–Kier alpha value is -2.12. The summed E-state index contributed by atoms with van der Waals surface area (Å²) in [7, 11) is 0. The topological polar surface area (TPSA) is 91.6 Å². The van der Waals surface area contributed by atoms with Gasteiger partial charge in [-0.05, 0) is 81.4 Å². The van der Waals surface area contributed by atoms with Crippen LogP contribution in [0, 0.1) is 29.1 Å². The van der Waals surface area contributed by atoms with Gasteiger partial charge in [-0.1, -0.05) is 11.6 Å². The van der Waals surface area contributed by atoms with Gasteiger partial charge in [0.05, 0.1) is 22.8 Å². The molecule has 2 aliphatic heterocycles. The van der Waals surface area contributed by atoms with Crippen LogP contribution >= 0.6 is 11.6 Å². The van der Waals surface area contributed by atoms with Gasteiger partial charge in [-0.15, -0.1) is 0 Å². The van der Waals surface area contributed by atoms with E-state index in [4.69, 9.17) is 17.3 Å². The molecule has 3 N–H and O–H groups in total. The van der Waals surface area contributed by atoms with Crippen molar-refractivity contribution < 1.29 is 9.59 Å². The molecule has 4 bridgehead atoms. The van der Waals surface area contributed by atoms with Gasteiger partial charge in [0.15, 0.2) is 0 Å². The highest BCUT2D eigenvalue weighted by Gasteiger charge is 2.61. The van der Waals surface area contributed by atoms with Crippen LogP contribution in [0.25, 0.3) is 0 Å². The number of pyridine rings is 1. The number of rotatable bonds is 5. The van der Waals surface area contributed by atoms with E-state index in [9.17, 15) is 9.59 Å². The highest BCUT2D eigenvalue weighted by molar-refractivity contribution is 6.29. The number of amides is 2. The van der Waals surface area contributed by atoms with Gasteiger partial charge in [0, 0.05) is 37.8 Å². The standard InChI is InChI=1S/C26H34ClN5O2/c1-25(2,32-13-18-11-31(12-19(18)14-32)20-3-4-21(27)29-10-20)24(34)30-22-17-6-15-5-16(7-17)9-26(22,8-15)23(28)33/h3-4,10-11,15-17,19,22H,5-9,12-14H2,1-2H3,(H2,28,33)(H,30,34). The normalized spacial score (nSPS) is 36.5. The van der Waals surface area contributed by atoms with Crippen molar-refractivity contribution in [2.24, 2.45) is 34.8 Å². The minimum Gasteiger partial charge on any atom is -0.369 e. The third-order valence-corrected chi connectivity index (χ3v) is 9.78. The number of nitrogens with one attached hydrogen (secondary N) is 1. The number of fused-ring (bicyclic) bond motifs is 1. The highest BCUT2D eigenvalue weighted by Crippen LogP contribution is 2.60. The molecule has 7 rings (SSSR count). The quantitative estimate of drug-likeness (QED) is 0.628. The summed E-state index contributed by atoms with van der Waals surface area (Å²) in [5.74, 6) is 1.75. The van der Waals surface area contributed by atoms with Gasteiger partial charge in [-0.3, -0.25) is 14.5 Å². The van der Waals surface area contributed by atoms with Crippen molar-refractivity contribution in [3.8, 4) is 0 Å². The van der Waals surface area contributed by atoms with E-state index in [1.807, 2.05) is 26.0 Å². The Morgan fingerprint density at radius 3 is 2.53 bits per heavy atom. The Kier molecular flexibility index (Phi) is 5.05. The molecule has 8 heteroatoms. The lowest BCUT2D eigenvalue weighted by molar-refractivity contribution is -0.153. The van der Waals surface area contributed by atoms with Gasteiger partial charge in [0.25, 0.3) is 0 Å². The van der Waals surface area contributed by atoms with Gasteiger partial charge >= 0.3 is 0 Å². The maximum absolute atomic E-state index is 13.7. The van der Waals surface area contributed by atoms with Gasteiger partial charge in [0.2, 0.25) is 11.8 Å². The van der Waals surface area contributed by atoms with Crippen LogP contribution in [0.5, 0.6) is 0 Å². The zero-order valence-corrected chi connectivity index (χ0v) is 20.7. The Balaban J connectivity index is 1.16. The number of nitrogens with zero attached hydrogens (tertiary/aromatic N) is 3. The second-order valence-corrected chi connectivity index (χ2v) is 12.3. The summed E-state index contributed by atoms with van der Waals surface area (Å²) in [4.78, 5) is 35.1. The van der Waals surface area contributed by atoms with Crippen molar-refractivity contribution in [2.45, 2.75) is 57.5 Å². The molecule has 4 atom stereocenters. The first-order valence-corrected chi connectivity index (χ1v) is 13.0. The lowest BCUT2D eigenvalue weighted by Crippen LogP contribution is -2.68. The van der Waals surface area contributed by atoms with E-state index < -0.39 is 11.0 Å². The molecule has 2 amide bonds. The number of anilines is 1. The van der Waals surface area contributed by atoms with E-state index in [2.05, 4.69) is 26.3 Å². The second kappa shape index (κ2) is 7.69. The summed E-state index contributed by atoms with van der Waals surface area (Å²) in [6.45, 7) is 6.51. The molecule has 34 heavy (non-hydrogen) atoms. The Bertz CT molecular complexity index is 1040. The molecule has 7 nitrogen and oxygen atoms in total. The Labute approximate surface area is 206 Å². The minimum atomic E-state index is -0.661. The Morgan fingerprint density at radius 1 is 1.18 bits per heavy atom. The first-order valence-electron chi connectivity index (χ1n) is 12.6. The molecule has 4 aliphatic carbocycles. The molecule has 0 radical (unpaired) electrons. The molecule has 0 aromatic carbocycles. The minimum absolute atomic E-state index is 0.0185. The fourth-order valence-corrected chi connectivity index (χ4v) is 7.98. The average molecular weight is 484 g/mol. The molecule has 1 aromatic heterocycles. The average Bonchev–Trinajstić information content (AvgIpc) is 3.36. The number of halogens is 1.